The molecule has 0 saturated heterocycles. The molecular formula is C11H24N2O4. The highest BCUT2D eigenvalue weighted by molar-refractivity contribution is 5.76. The second-order valence-electron chi connectivity index (χ2n) is 3.77. The molecule has 0 saturated carbocycles. The molecule has 0 amide bonds. The summed E-state index contributed by atoms with van der Waals surface area (Å²) in [7, 11) is 0. The lowest BCUT2D eigenvalue weighted by atomic mass is 10.3. The van der Waals surface area contributed by atoms with Gasteiger partial charge in [-0.2, -0.15) is 0 Å². The van der Waals surface area contributed by atoms with Crippen LogP contribution < -0.4 is 11.1 Å². The predicted molar refractivity (Wildman–Crippen MR) is 64.6 cm³/mol. The van der Waals surface area contributed by atoms with E-state index in [2.05, 4.69) is 5.32 Å². The van der Waals surface area contributed by atoms with Crippen molar-refractivity contribution in [2.45, 2.75) is 26.0 Å². The molecule has 0 aromatic carbocycles. The maximum Gasteiger partial charge on any atom is 0.155 e. The van der Waals surface area contributed by atoms with Gasteiger partial charge in [0.1, 0.15) is 12.8 Å². The van der Waals surface area contributed by atoms with E-state index in [0.29, 0.717) is 39.3 Å². The fourth-order valence-corrected chi connectivity index (χ4v) is 1.15. The molecule has 0 fully saturated rings. The number of nitrogens with one attached hydrogen (secondary N) is 1. The van der Waals surface area contributed by atoms with Crippen LogP contribution in [0.3, 0.4) is 0 Å². The van der Waals surface area contributed by atoms with Crippen molar-refractivity contribution in [2.24, 2.45) is 5.73 Å². The average Bonchev–Trinajstić information content (AvgIpc) is 2.29. The first-order valence-corrected chi connectivity index (χ1v) is 5.93. The number of carbonyl (C=O) groups is 1. The smallest absolute Gasteiger partial charge is 0.155 e. The van der Waals surface area contributed by atoms with Crippen molar-refractivity contribution in [2.75, 3.05) is 39.5 Å². The lowest BCUT2D eigenvalue weighted by Gasteiger charge is -2.12. The number of aliphatic hydroxyl groups excluding tert-OH is 1. The van der Waals surface area contributed by atoms with Gasteiger partial charge in [0.2, 0.25) is 0 Å². The van der Waals surface area contributed by atoms with Crippen molar-refractivity contribution >= 4 is 5.78 Å². The molecule has 17 heavy (non-hydrogen) atoms. The van der Waals surface area contributed by atoms with Crippen LogP contribution in [0.1, 0.15) is 19.8 Å². The fraction of sp³-hybridized carbons (Fsp3) is 0.909. The summed E-state index contributed by atoms with van der Waals surface area (Å²) in [6.07, 6.45) is 0.933. The number of rotatable bonds is 12. The standard InChI is InChI=1S/C11H24N2O4/c1-10(14)9-17-8-7-16-6-5-13-11(15)3-2-4-12/h11,13,15H,2-9,12H2,1H3. The van der Waals surface area contributed by atoms with Gasteiger partial charge in [-0.3, -0.25) is 10.1 Å². The van der Waals surface area contributed by atoms with Crippen LogP contribution in [-0.2, 0) is 14.3 Å². The van der Waals surface area contributed by atoms with E-state index >= 15 is 0 Å². The van der Waals surface area contributed by atoms with Crippen LogP contribution in [0.5, 0.6) is 0 Å². The molecule has 0 aliphatic heterocycles. The molecule has 6 heteroatoms. The summed E-state index contributed by atoms with van der Waals surface area (Å²) in [5.41, 5.74) is 5.32. The van der Waals surface area contributed by atoms with Gasteiger partial charge in [-0.05, 0) is 26.3 Å². The first-order valence-electron chi connectivity index (χ1n) is 5.93. The summed E-state index contributed by atoms with van der Waals surface area (Å²) in [5.74, 6) is 0.00897. The molecule has 0 radical (unpaired) electrons. The highest BCUT2D eigenvalue weighted by Crippen LogP contribution is 1.90. The predicted octanol–water partition coefficient (Wildman–Crippen LogP) is -0.744. The summed E-state index contributed by atoms with van der Waals surface area (Å²) >= 11 is 0. The minimum Gasteiger partial charge on any atom is -0.379 e. The van der Waals surface area contributed by atoms with Crippen molar-refractivity contribution in [3.05, 3.63) is 0 Å². The molecule has 1 atom stereocenters. The zero-order valence-electron chi connectivity index (χ0n) is 10.5. The van der Waals surface area contributed by atoms with Crippen LogP contribution in [0.2, 0.25) is 0 Å². The number of aliphatic hydroxyl groups is 1. The average molecular weight is 248 g/mol. The van der Waals surface area contributed by atoms with Gasteiger partial charge in [-0.25, -0.2) is 0 Å². The zero-order chi connectivity index (χ0) is 12.9. The summed E-state index contributed by atoms with van der Waals surface area (Å²) in [5, 5.41) is 12.3. The molecule has 0 rings (SSSR count). The normalized spacial score (nSPS) is 12.6. The molecule has 0 spiro atoms. The molecule has 0 aliphatic carbocycles. The lowest BCUT2D eigenvalue weighted by molar-refractivity contribution is -0.121. The van der Waals surface area contributed by atoms with Crippen molar-refractivity contribution in [1.29, 1.82) is 0 Å². The number of Topliss-reactive ketones (excluding diaryl/α,β-unsaturated/α-hetero) is 1. The third-order valence-electron chi connectivity index (χ3n) is 1.99. The Labute approximate surface area is 102 Å². The van der Waals surface area contributed by atoms with Gasteiger partial charge in [-0.1, -0.05) is 0 Å². The summed E-state index contributed by atoms with van der Waals surface area (Å²) < 4.78 is 10.3. The Balaban J connectivity index is 3.10. The van der Waals surface area contributed by atoms with E-state index in [9.17, 15) is 9.90 Å². The van der Waals surface area contributed by atoms with Crippen LogP contribution in [0.25, 0.3) is 0 Å². The molecule has 6 nitrogen and oxygen atoms in total. The first kappa shape index (κ1) is 16.5. The van der Waals surface area contributed by atoms with Crippen molar-refractivity contribution < 1.29 is 19.4 Å². The van der Waals surface area contributed by atoms with Crippen LogP contribution in [0, 0.1) is 0 Å². The van der Waals surface area contributed by atoms with Crippen molar-refractivity contribution in [3.63, 3.8) is 0 Å². The second kappa shape index (κ2) is 11.9. The monoisotopic (exact) mass is 248 g/mol. The second-order valence-corrected chi connectivity index (χ2v) is 3.77. The first-order chi connectivity index (χ1) is 8.16. The van der Waals surface area contributed by atoms with Crippen LogP contribution in [-0.4, -0.2) is 56.6 Å². The molecule has 0 bridgehead atoms. The van der Waals surface area contributed by atoms with Crippen molar-refractivity contribution in [3.8, 4) is 0 Å². The Morgan fingerprint density at radius 3 is 2.71 bits per heavy atom. The highest BCUT2D eigenvalue weighted by Gasteiger charge is 2.01. The highest BCUT2D eigenvalue weighted by atomic mass is 16.5. The minimum absolute atomic E-state index is 0.00897. The molecule has 0 aliphatic rings. The lowest BCUT2D eigenvalue weighted by Crippen LogP contribution is -2.32. The molecule has 0 aromatic rings. The third kappa shape index (κ3) is 13.4. The van der Waals surface area contributed by atoms with Gasteiger partial charge in [0, 0.05) is 6.54 Å². The summed E-state index contributed by atoms with van der Waals surface area (Å²) in [6, 6.07) is 0. The van der Waals surface area contributed by atoms with E-state index in [0.717, 1.165) is 6.42 Å². The Kier molecular flexibility index (Phi) is 11.6. The Morgan fingerprint density at radius 2 is 2.06 bits per heavy atom. The summed E-state index contributed by atoms with van der Waals surface area (Å²) in [4.78, 5) is 10.5. The Morgan fingerprint density at radius 1 is 1.35 bits per heavy atom. The Hall–Kier alpha value is -0.530. The van der Waals surface area contributed by atoms with E-state index in [-0.39, 0.29) is 12.4 Å². The van der Waals surface area contributed by atoms with Crippen molar-refractivity contribution in [1.82, 2.24) is 5.32 Å². The SMILES string of the molecule is CC(=O)COCCOCCNC(O)CCCN. The maximum atomic E-state index is 10.5. The van der Waals surface area contributed by atoms with Gasteiger partial charge in [0.15, 0.2) is 5.78 Å². The largest absolute Gasteiger partial charge is 0.379 e. The zero-order valence-corrected chi connectivity index (χ0v) is 10.5. The number of hydrogen-bond acceptors (Lipinski definition) is 6. The topological polar surface area (TPSA) is 93.8 Å². The van der Waals surface area contributed by atoms with E-state index < -0.39 is 6.23 Å². The molecular weight excluding hydrogens is 224 g/mol. The number of ketones is 1. The van der Waals surface area contributed by atoms with E-state index in [4.69, 9.17) is 15.2 Å². The van der Waals surface area contributed by atoms with Gasteiger partial charge in [0.05, 0.1) is 19.8 Å². The van der Waals surface area contributed by atoms with Crippen LogP contribution in [0.15, 0.2) is 0 Å². The van der Waals surface area contributed by atoms with E-state index in [1.165, 1.54) is 6.92 Å². The number of ether oxygens (including phenoxy) is 2. The molecule has 102 valence electrons. The van der Waals surface area contributed by atoms with Gasteiger partial charge in [-0.15, -0.1) is 0 Å². The fourth-order valence-electron chi connectivity index (χ4n) is 1.15. The molecule has 1 unspecified atom stereocenters. The van der Waals surface area contributed by atoms with Crippen LogP contribution >= 0.6 is 0 Å². The Bertz CT molecular complexity index is 190. The van der Waals surface area contributed by atoms with Gasteiger partial charge < -0.3 is 20.3 Å². The summed E-state index contributed by atoms with van der Waals surface area (Å²) in [6.45, 7) is 4.15. The quantitative estimate of drug-likeness (QED) is 0.311. The van der Waals surface area contributed by atoms with E-state index in [1.807, 2.05) is 0 Å². The van der Waals surface area contributed by atoms with Crippen LogP contribution in [0.4, 0.5) is 0 Å². The molecule has 0 aromatic heterocycles. The number of nitrogens with two attached hydrogens (primary N) is 1. The van der Waals surface area contributed by atoms with E-state index in [1.54, 1.807) is 0 Å². The molecule has 0 heterocycles. The minimum atomic E-state index is -0.517. The van der Waals surface area contributed by atoms with Gasteiger partial charge >= 0.3 is 0 Å². The molecule has 4 N–H and O–H groups in total. The third-order valence-corrected chi connectivity index (χ3v) is 1.99. The number of carbonyl (C=O) groups excluding carboxylic acids is 1. The van der Waals surface area contributed by atoms with Gasteiger partial charge in [0.25, 0.3) is 0 Å². The number of hydrogen-bond donors (Lipinski definition) is 3. The maximum absolute atomic E-state index is 10.5.